The van der Waals surface area contributed by atoms with Gasteiger partial charge in [0.05, 0.1) is 0 Å². The van der Waals surface area contributed by atoms with E-state index < -0.39 is 0 Å². The molecule has 0 spiro atoms. The molecule has 0 aliphatic rings. The fourth-order valence-corrected chi connectivity index (χ4v) is 2.38. The summed E-state index contributed by atoms with van der Waals surface area (Å²) < 4.78 is 0. The van der Waals surface area contributed by atoms with E-state index in [9.17, 15) is 0 Å². The van der Waals surface area contributed by atoms with Crippen LogP contribution >= 0.6 is 11.3 Å². The summed E-state index contributed by atoms with van der Waals surface area (Å²) in [7, 11) is 2.19. The van der Waals surface area contributed by atoms with Crippen LogP contribution in [-0.4, -0.2) is 24.5 Å². The maximum absolute atomic E-state index is 5.71. The zero-order valence-corrected chi connectivity index (χ0v) is 10.6. The van der Waals surface area contributed by atoms with Crippen LogP contribution in [0.3, 0.4) is 0 Å². The average Bonchev–Trinajstić information content (AvgIpc) is 2.64. The van der Waals surface area contributed by atoms with Crippen LogP contribution in [0, 0.1) is 0 Å². The Balaban J connectivity index is 2.06. The van der Waals surface area contributed by atoms with E-state index in [2.05, 4.69) is 36.4 Å². The molecule has 0 radical (unpaired) electrons. The highest BCUT2D eigenvalue weighted by molar-refractivity contribution is 7.09. The van der Waals surface area contributed by atoms with Gasteiger partial charge in [-0.2, -0.15) is 0 Å². The highest BCUT2D eigenvalue weighted by Gasteiger charge is 2.01. The van der Waals surface area contributed by atoms with Crippen molar-refractivity contribution in [3.8, 4) is 0 Å². The average molecular weight is 226 g/mol. The fourth-order valence-electron chi connectivity index (χ4n) is 1.60. The lowest BCUT2D eigenvalue weighted by Gasteiger charge is -2.15. The summed E-state index contributed by atoms with van der Waals surface area (Å²) in [6.45, 7) is 4.33. The van der Waals surface area contributed by atoms with E-state index >= 15 is 0 Å². The van der Waals surface area contributed by atoms with Crippen molar-refractivity contribution >= 4 is 11.3 Å². The van der Waals surface area contributed by atoms with Crippen LogP contribution in [0.2, 0.25) is 0 Å². The van der Waals surface area contributed by atoms with E-state index in [1.54, 1.807) is 0 Å². The second-order valence-electron chi connectivity index (χ2n) is 4.29. The van der Waals surface area contributed by atoms with Crippen molar-refractivity contribution in [2.75, 3.05) is 13.6 Å². The first kappa shape index (κ1) is 12.7. The molecule has 1 unspecified atom stereocenters. The predicted molar refractivity (Wildman–Crippen MR) is 68.2 cm³/mol. The number of thiophene rings is 1. The van der Waals surface area contributed by atoms with Crippen LogP contribution in [-0.2, 0) is 6.54 Å². The van der Waals surface area contributed by atoms with Gasteiger partial charge in [0.25, 0.3) is 0 Å². The lowest BCUT2D eigenvalue weighted by molar-refractivity contribution is 0.318. The van der Waals surface area contributed by atoms with E-state index in [0.717, 1.165) is 13.0 Å². The van der Waals surface area contributed by atoms with Gasteiger partial charge in [0.1, 0.15) is 0 Å². The normalized spacial score (nSPS) is 13.3. The number of nitrogens with zero attached hydrogens (tertiary/aromatic N) is 1. The van der Waals surface area contributed by atoms with Gasteiger partial charge in [-0.3, -0.25) is 0 Å². The van der Waals surface area contributed by atoms with Crippen molar-refractivity contribution in [1.82, 2.24) is 4.90 Å². The van der Waals surface area contributed by atoms with Crippen LogP contribution in [0.15, 0.2) is 17.5 Å². The summed E-state index contributed by atoms with van der Waals surface area (Å²) in [4.78, 5) is 3.83. The number of hydrogen-bond donors (Lipinski definition) is 1. The Labute approximate surface area is 97.1 Å². The smallest absolute Gasteiger partial charge is 0.0324 e. The first-order chi connectivity index (χ1) is 7.18. The molecular formula is C12H22N2S. The first-order valence-corrected chi connectivity index (χ1v) is 6.53. The molecule has 3 heteroatoms. The molecule has 1 aromatic heterocycles. The van der Waals surface area contributed by atoms with E-state index in [-0.39, 0.29) is 0 Å². The quantitative estimate of drug-likeness (QED) is 0.724. The van der Waals surface area contributed by atoms with Crippen LogP contribution in [0.4, 0.5) is 0 Å². The highest BCUT2D eigenvalue weighted by atomic mass is 32.1. The summed E-state index contributed by atoms with van der Waals surface area (Å²) >= 11 is 1.83. The van der Waals surface area contributed by atoms with Crippen LogP contribution < -0.4 is 5.73 Å². The molecule has 2 nitrogen and oxygen atoms in total. The van der Waals surface area contributed by atoms with Crippen LogP contribution in [0.25, 0.3) is 0 Å². The van der Waals surface area contributed by atoms with Gasteiger partial charge in [-0.15, -0.1) is 11.3 Å². The molecule has 2 N–H and O–H groups in total. The molecule has 0 fully saturated rings. The summed E-state index contributed by atoms with van der Waals surface area (Å²) in [6.07, 6.45) is 3.64. The number of rotatable bonds is 7. The second kappa shape index (κ2) is 6.99. The maximum Gasteiger partial charge on any atom is 0.0324 e. The van der Waals surface area contributed by atoms with Crippen LogP contribution in [0.5, 0.6) is 0 Å². The Kier molecular flexibility index (Phi) is 5.91. The summed E-state index contributed by atoms with van der Waals surface area (Å²) in [5.41, 5.74) is 5.71. The molecule has 0 aliphatic carbocycles. The minimum absolute atomic E-state index is 0.354. The van der Waals surface area contributed by atoms with Crippen molar-refractivity contribution in [3.63, 3.8) is 0 Å². The Bertz CT molecular complexity index is 244. The topological polar surface area (TPSA) is 29.3 Å². The zero-order valence-electron chi connectivity index (χ0n) is 9.78. The molecule has 0 saturated carbocycles. The second-order valence-corrected chi connectivity index (χ2v) is 5.32. The summed E-state index contributed by atoms with van der Waals surface area (Å²) in [5, 5.41) is 2.14. The van der Waals surface area contributed by atoms with Gasteiger partial charge in [-0.25, -0.2) is 0 Å². The molecule has 1 rings (SSSR count). The van der Waals surface area contributed by atoms with Crippen molar-refractivity contribution in [2.24, 2.45) is 5.73 Å². The van der Waals surface area contributed by atoms with Crippen molar-refractivity contribution in [1.29, 1.82) is 0 Å². The number of hydrogen-bond acceptors (Lipinski definition) is 3. The van der Waals surface area contributed by atoms with Gasteiger partial charge in [0, 0.05) is 17.5 Å². The lowest BCUT2D eigenvalue weighted by atomic mass is 10.1. The molecule has 1 heterocycles. The minimum Gasteiger partial charge on any atom is -0.328 e. The van der Waals surface area contributed by atoms with E-state index in [4.69, 9.17) is 5.73 Å². The van der Waals surface area contributed by atoms with E-state index in [1.165, 1.54) is 24.3 Å². The monoisotopic (exact) mass is 226 g/mol. The largest absolute Gasteiger partial charge is 0.328 e. The molecule has 1 atom stereocenters. The van der Waals surface area contributed by atoms with E-state index in [1.807, 2.05) is 11.3 Å². The third-order valence-corrected chi connectivity index (χ3v) is 3.32. The van der Waals surface area contributed by atoms with Gasteiger partial charge < -0.3 is 10.6 Å². The minimum atomic E-state index is 0.354. The van der Waals surface area contributed by atoms with Crippen LogP contribution in [0.1, 0.15) is 31.1 Å². The van der Waals surface area contributed by atoms with Crippen molar-refractivity contribution < 1.29 is 0 Å². The summed E-state index contributed by atoms with van der Waals surface area (Å²) in [6, 6.07) is 4.67. The molecule has 15 heavy (non-hydrogen) atoms. The number of nitrogens with two attached hydrogens (primary N) is 1. The van der Waals surface area contributed by atoms with Crippen molar-refractivity contribution in [3.05, 3.63) is 22.4 Å². The van der Waals surface area contributed by atoms with Gasteiger partial charge in [0.15, 0.2) is 0 Å². The molecule has 0 saturated heterocycles. The standard InChI is InChI=1S/C12H22N2S/c1-11(13)6-3-4-8-14(2)10-12-7-5-9-15-12/h5,7,9,11H,3-4,6,8,10,13H2,1-2H3. The summed E-state index contributed by atoms with van der Waals surface area (Å²) in [5.74, 6) is 0. The molecule has 0 amide bonds. The SMILES string of the molecule is CC(N)CCCCN(C)Cc1cccs1. The molecule has 86 valence electrons. The van der Waals surface area contributed by atoms with Gasteiger partial charge in [-0.05, 0) is 44.8 Å². The fraction of sp³-hybridized carbons (Fsp3) is 0.667. The Morgan fingerprint density at radius 1 is 1.47 bits per heavy atom. The molecule has 0 aliphatic heterocycles. The Morgan fingerprint density at radius 3 is 2.87 bits per heavy atom. The van der Waals surface area contributed by atoms with Gasteiger partial charge in [0.2, 0.25) is 0 Å². The zero-order chi connectivity index (χ0) is 11.1. The maximum atomic E-state index is 5.71. The van der Waals surface area contributed by atoms with E-state index in [0.29, 0.717) is 6.04 Å². The van der Waals surface area contributed by atoms with Gasteiger partial charge >= 0.3 is 0 Å². The predicted octanol–water partition coefficient (Wildman–Crippen LogP) is 2.70. The molecular weight excluding hydrogens is 204 g/mol. The molecule has 0 bridgehead atoms. The third kappa shape index (κ3) is 5.92. The Hall–Kier alpha value is -0.380. The van der Waals surface area contributed by atoms with Crippen molar-refractivity contribution in [2.45, 2.75) is 38.8 Å². The molecule has 0 aromatic carbocycles. The lowest BCUT2D eigenvalue weighted by Crippen LogP contribution is -2.19. The first-order valence-electron chi connectivity index (χ1n) is 5.65. The Morgan fingerprint density at radius 2 is 2.27 bits per heavy atom. The number of unbranched alkanes of at least 4 members (excludes halogenated alkanes) is 1. The van der Waals surface area contributed by atoms with Gasteiger partial charge in [-0.1, -0.05) is 12.5 Å². The third-order valence-electron chi connectivity index (χ3n) is 2.46. The molecule has 1 aromatic rings. The highest BCUT2D eigenvalue weighted by Crippen LogP contribution is 2.11.